The van der Waals surface area contributed by atoms with Crippen LogP contribution >= 0.6 is 0 Å². The fourth-order valence-corrected chi connectivity index (χ4v) is 5.16. The Hall–Kier alpha value is -5.20. The van der Waals surface area contributed by atoms with Gasteiger partial charge in [0.25, 0.3) is 0 Å². The molecule has 0 aliphatic heterocycles. The average Bonchev–Trinajstić information content (AvgIpc) is 3.41. The van der Waals surface area contributed by atoms with E-state index in [1.54, 1.807) is 77.4 Å². The molecule has 0 saturated carbocycles. The molecule has 0 fully saturated rings. The Balaban J connectivity index is 0.00000208. The summed E-state index contributed by atoms with van der Waals surface area (Å²) in [7, 11) is 0. The summed E-state index contributed by atoms with van der Waals surface area (Å²) in [4.78, 5) is 20.6. The van der Waals surface area contributed by atoms with Crippen molar-refractivity contribution in [3.05, 3.63) is 146 Å². The van der Waals surface area contributed by atoms with Gasteiger partial charge < -0.3 is 14.0 Å². The van der Waals surface area contributed by atoms with Crippen LogP contribution in [0.25, 0.3) is 50.3 Å². The van der Waals surface area contributed by atoms with E-state index >= 15 is 0 Å². The van der Waals surface area contributed by atoms with Crippen LogP contribution in [0, 0.1) is 36.2 Å². The van der Waals surface area contributed by atoms with Gasteiger partial charge in [-0.3, -0.25) is 9.97 Å². The van der Waals surface area contributed by atoms with Crippen LogP contribution in [0.4, 0.5) is 8.78 Å². The molecule has 8 rings (SSSR count). The van der Waals surface area contributed by atoms with Gasteiger partial charge in [0.05, 0.1) is 0 Å². The number of benzene rings is 4. The van der Waals surface area contributed by atoms with Crippen molar-refractivity contribution in [2.75, 3.05) is 0 Å². The molecule has 0 amide bonds. The summed E-state index contributed by atoms with van der Waals surface area (Å²) in [5.41, 5.74) is 3.30. The SMILES string of the molecule is Fc1cccc(-c2[c-]c(Oc3[c-]c4c(cc3)c3ccc(Oc5[c-]c(-c6cccc(F)n6)ccc5)[c-]c3n4-c3ncncn3)ccc2)n1.[Pd+2].[Pt+2]. The Morgan fingerprint density at radius 1 is 0.531 bits per heavy atom. The number of fused-ring (bicyclic) bond motifs is 3. The van der Waals surface area contributed by atoms with E-state index in [1.165, 1.54) is 24.8 Å². The maximum absolute atomic E-state index is 13.7. The number of ether oxygens (including phenoxy) is 2. The van der Waals surface area contributed by atoms with Gasteiger partial charge in [-0.15, -0.1) is 71.8 Å². The quantitative estimate of drug-likeness (QED) is 0.0907. The second-order valence-corrected chi connectivity index (χ2v) is 10.2. The summed E-state index contributed by atoms with van der Waals surface area (Å²) in [6.07, 6.45) is 2.81. The zero-order valence-electron chi connectivity index (χ0n) is 24.8. The maximum atomic E-state index is 13.7. The van der Waals surface area contributed by atoms with Crippen molar-refractivity contribution in [3.63, 3.8) is 0 Å². The molecule has 49 heavy (non-hydrogen) atoms. The van der Waals surface area contributed by atoms with E-state index in [-0.39, 0.29) is 41.5 Å². The first-order valence-electron chi connectivity index (χ1n) is 14.3. The third kappa shape index (κ3) is 7.01. The summed E-state index contributed by atoms with van der Waals surface area (Å²) in [6, 6.07) is 40.2. The Kier molecular flexibility index (Phi) is 9.97. The first-order chi connectivity index (χ1) is 23.1. The molecule has 0 bridgehead atoms. The van der Waals surface area contributed by atoms with Crippen LogP contribution in [-0.2, 0) is 41.5 Å². The summed E-state index contributed by atoms with van der Waals surface area (Å²) in [5.74, 6) is 0.811. The third-order valence-corrected chi connectivity index (χ3v) is 7.17. The van der Waals surface area contributed by atoms with Crippen LogP contribution < -0.4 is 9.47 Å². The van der Waals surface area contributed by atoms with Gasteiger partial charge in [-0.25, -0.2) is 15.0 Å². The molecule has 0 N–H and O–H groups in total. The average molecular weight is 918 g/mol. The van der Waals surface area contributed by atoms with E-state index < -0.39 is 11.9 Å². The molecule has 12 heteroatoms. The number of pyridine rings is 2. The van der Waals surface area contributed by atoms with Gasteiger partial charge in [0, 0.05) is 23.0 Å². The predicted molar refractivity (Wildman–Crippen MR) is 169 cm³/mol. The van der Waals surface area contributed by atoms with Crippen molar-refractivity contribution in [3.8, 4) is 51.5 Å². The molecule has 4 aromatic carbocycles. The first-order valence-corrected chi connectivity index (χ1v) is 14.3. The van der Waals surface area contributed by atoms with Crippen molar-refractivity contribution < 1.29 is 59.7 Å². The van der Waals surface area contributed by atoms with Crippen LogP contribution in [0.15, 0.2) is 110 Å². The summed E-state index contributed by atoms with van der Waals surface area (Å²) < 4.78 is 41.6. The zero-order valence-corrected chi connectivity index (χ0v) is 28.6. The topological polar surface area (TPSA) is 87.8 Å². The largest absolute Gasteiger partial charge is 2.00 e. The fraction of sp³-hybridized carbons (Fsp3) is 0. The summed E-state index contributed by atoms with van der Waals surface area (Å²) >= 11 is 0. The van der Waals surface area contributed by atoms with Gasteiger partial charge in [0.15, 0.2) is 0 Å². The molecule has 0 saturated heterocycles. The monoisotopic (exact) mass is 917 g/mol. The predicted octanol–water partition coefficient (Wildman–Crippen LogP) is 8.15. The Bertz CT molecular complexity index is 2280. The van der Waals surface area contributed by atoms with Gasteiger partial charge in [-0.1, -0.05) is 47.4 Å². The minimum atomic E-state index is -0.578. The van der Waals surface area contributed by atoms with Crippen LogP contribution in [0.2, 0.25) is 0 Å². The molecule has 0 aliphatic carbocycles. The van der Waals surface area contributed by atoms with Crippen LogP contribution in [-0.4, -0.2) is 29.5 Å². The van der Waals surface area contributed by atoms with E-state index in [0.717, 1.165) is 10.8 Å². The second kappa shape index (κ2) is 14.5. The Morgan fingerprint density at radius 2 is 0.980 bits per heavy atom. The van der Waals surface area contributed by atoms with Crippen molar-refractivity contribution in [1.29, 1.82) is 0 Å². The number of hydrogen-bond acceptors (Lipinski definition) is 7. The number of halogens is 2. The van der Waals surface area contributed by atoms with Gasteiger partial charge in [0.2, 0.25) is 17.8 Å². The van der Waals surface area contributed by atoms with E-state index in [1.807, 2.05) is 12.1 Å². The summed E-state index contributed by atoms with van der Waals surface area (Å²) in [6.45, 7) is 0. The van der Waals surface area contributed by atoms with Crippen molar-refractivity contribution in [1.82, 2.24) is 29.5 Å². The molecular formula is C37H18F2N6O2PdPt. The molecule has 8 nitrogen and oxygen atoms in total. The molecule has 0 aliphatic rings. The van der Waals surface area contributed by atoms with Crippen LogP contribution in [0.3, 0.4) is 0 Å². The van der Waals surface area contributed by atoms with Crippen molar-refractivity contribution in [2.45, 2.75) is 0 Å². The van der Waals surface area contributed by atoms with Crippen LogP contribution in [0.5, 0.6) is 23.0 Å². The molecule has 4 aromatic heterocycles. The Morgan fingerprint density at radius 3 is 1.45 bits per heavy atom. The van der Waals surface area contributed by atoms with Gasteiger partial charge in [-0.2, -0.15) is 31.7 Å². The molecule has 0 spiro atoms. The molecular weight excluding hydrogens is 900 g/mol. The second-order valence-electron chi connectivity index (χ2n) is 10.2. The standard InChI is InChI=1S/C37H18F2N6O2.Pd.Pt/c38-35-11-3-9-31(43-35)23-5-1-7-25(17-23)46-27-13-15-29-30-16-14-28(20-34(30)45(33(29)19-27)37-41-21-40-22-42-37)47-26-8-2-6-24(18-26)32-10-4-12-36(39)44-32;;/h1-16,21-22H;;/q-4;2*+2. The minimum absolute atomic E-state index is 0. The van der Waals surface area contributed by atoms with Gasteiger partial charge in [0.1, 0.15) is 12.7 Å². The van der Waals surface area contributed by atoms with Crippen molar-refractivity contribution >= 4 is 21.8 Å². The normalized spacial score (nSPS) is 10.7. The van der Waals surface area contributed by atoms with E-state index in [4.69, 9.17) is 9.47 Å². The van der Waals surface area contributed by atoms with Gasteiger partial charge in [-0.05, 0) is 23.5 Å². The smallest absolute Gasteiger partial charge is 0.503 e. The maximum Gasteiger partial charge on any atom is 2.00 e. The Labute approximate surface area is 306 Å². The molecule has 8 aromatic rings. The molecule has 4 heterocycles. The molecule has 242 valence electrons. The molecule has 0 unspecified atom stereocenters. The molecule has 0 atom stereocenters. The van der Waals surface area contributed by atoms with E-state index in [2.05, 4.69) is 49.2 Å². The molecule has 0 radical (unpaired) electrons. The van der Waals surface area contributed by atoms with Crippen LogP contribution in [0.1, 0.15) is 0 Å². The number of hydrogen-bond donors (Lipinski definition) is 0. The third-order valence-electron chi connectivity index (χ3n) is 7.17. The fourth-order valence-electron chi connectivity index (χ4n) is 5.16. The first kappa shape index (κ1) is 33.7. The number of aromatic nitrogens is 6. The van der Waals surface area contributed by atoms with E-state index in [0.29, 0.717) is 62.5 Å². The number of rotatable bonds is 7. The van der Waals surface area contributed by atoms with Gasteiger partial charge >= 0.3 is 41.5 Å². The minimum Gasteiger partial charge on any atom is -0.503 e. The van der Waals surface area contributed by atoms with E-state index in [9.17, 15) is 8.78 Å². The zero-order chi connectivity index (χ0) is 31.7. The number of nitrogens with zero attached hydrogens (tertiary/aromatic N) is 6. The van der Waals surface area contributed by atoms with Crippen molar-refractivity contribution in [2.24, 2.45) is 0 Å². The summed E-state index contributed by atoms with van der Waals surface area (Å²) in [5, 5.41) is 1.70.